The molecule has 1 atom stereocenters. The molecule has 104 valence electrons. The number of para-hydroxylation sites is 1. The lowest BCUT2D eigenvalue weighted by molar-refractivity contribution is -0.125. The monoisotopic (exact) mass is 264 g/mol. The molecule has 0 aliphatic carbocycles. The van der Waals surface area contributed by atoms with Gasteiger partial charge in [-0.25, -0.2) is 0 Å². The second-order valence-electron chi connectivity index (χ2n) is 5.49. The third-order valence-electron chi connectivity index (χ3n) is 3.15. The standard InChI is InChI=1S/C14H20N2O3/c1-14(2)6-9-4-3-5-10(12(9)19-14)7-16-8-11(17)13(15)18/h3-5,11,16-17H,6-8H2,1-2H3,(H2,15,18). The quantitative estimate of drug-likeness (QED) is 0.716. The summed E-state index contributed by atoms with van der Waals surface area (Å²) < 4.78 is 5.94. The van der Waals surface area contributed by atoms with Crippen LogP contribution in [0.25, 0.3) is 0 Å². The molecule has 4 N–H and O–H groups in total. The topological polar surface area (TPSA) is 84.6 Å². The molecular formula is C14H20N2O3. The summed E-state index contributed by atoms with van der Waals surface area (Å²) in [7, 11) is 0. The van der Waals surface area contributed by atoms with Crippen LogP contribution in [-0.4, -0.2) is 29.3 Å². The van der Waals surface area contributed by atoms with Gasteiger partial charge in [-0.1, -0.05) is 18.2 Å². The van der Waals surface area contributed by atoms with Crippen molar-refractivity contribution < 1.29 is 14.6 Å². The molecule has 0 spiro atoms. The summed E-state index contributed by atoms with van der Waals surface area (Å²) in [5, 5.41) is 12.3. The van der Waals surface area contributed by atoms with E-state index in [-0.39, 0.29) is 12.1 Å². The molecule has 0 radical (unpaired) electrons. The maximum absolute atomic E-state index is 10.7. The van der Waals surface area contributed by atoms with Gasteiger partial charge in [0, 0.05) is 25.1 Å². The highest BCUT2D eigenvalue weighted by Crippen LogP contribution is 2.37. The number of nitrogens with two attached hydrogens (primary N) is 1. The lowest BCUT2D eigenvalue weighted by atomic mass is 10.0. The van der Waals surface area contributed by atoms with E-state index in [0.29, 0.717) is 6.54 Å². The van der Waals surface area contributed by atoms with Crippen LogP contribution >= 0.6 is 0 Å². The zero-order chi connectivity index (χ0) is 14.0. The number of carbonyl (C=O) groups is 1. The summed E-state index contributed by atoms with van der Waals surface area (Å²) in [6.07, 6.45) is -0.269. The molecule has 0 saturated carbocycles. The van der Waals surface area contributed by atoms with E-state index in [1.165, 1.54) is 5.56 Å². The maximum atomic E-state index is 10.7. The number of benzene rings is 1. The predicted octanol–water partition coefficient (Wildman–Crippen LogP) is 0.336. The summed E-state index contributed by atoms with van der Waals surface area (Å²) >= 11 is 0. The van der Waals surface area contributed by atoms with Gasteiger partial charge in [-0.2, -0.15) is 0 Å². The van der Waals surface area contributed by atoms with Crippen LogP contribution < -0.4 is 15.8 Å². The van der Waals surface area contributed by atoms with E-state index in [9.17, 15) is 9.90 Å². The molecule has 0 saturated heterocycles. The highest BCUT2D eigenvalue weighted by Gasteiger charge is 2.31. The second-order valence-corrected chi connectivity index (χ2v) is 5.49. The zero-order valence-corrected chi connectivity index (χ0v) is 11.3. The normalized spacial score (nSPS) is 17.6. The van der Waals surface area contributed by atoms with Crippen LogP contribution in [0, 0.1) is 0 Å². The van der Waals surface area contributed by atoms with Crippen LogP contribution in [0.4, 0.5) is 0 Å². The molecule has 1 aromatic carbocycles. The number of aliphatic hydroxyl groups excluding tert-OH is 1. The summed E-state index contributed by atoms with van der Waals surface area (Å²) in [5.74, 6) is 0.191. The van der Waals surface area contributed by atoms with Crippen molar-refractivity contribution in [3.8, 4) is 5.75 Å². The molecule has 1 aromatic rings. The maximum Gasteiger partial charge on any atom is 0.247 e. The number of aliphatic hydroxyl groups is 1. The van der Waals surface area contributed by atoms with E-state index in [1.807, 2.05) is 12.1 Å². The average molecular weight is 264 g/mol. The molecule has 0 bridgehead atoms. The van der Waals surface area contributed by atoms with E-state index >= 15 is 0 Å². The van der Waals surface area contributed by atoms with Crippen LogP contribution in [0.15, 0.2) is 18.2 Å². The van der Waals surface area contributed by atoms with Gasteiger partial charge in [0.05, 0.1) is 0 Å². The Labute approximate surface area is 112 Å². The predicted molar refractivity (Wildman–Crippen MR) is 71.8 cm³/mol. The minimum atomic E-state index is -1.16. The third kappa shape index (κ3) is 3.24. The number of hydrogen-bond donors (Lipinski definition) is 3. The smallest absolute Gasteiger partial charge is 0.247 e. The first kappa shape index (κ1) is 13.8. The van der Waals surface area contributed by atoms with Crippen molar-refractivity contribution in [2.24, 2.45) is 5.73 Å². The van der Waals surface area contributed by atoms with E-state index in [0.717, 1.165) is 17.7 Å². The fraction of sp³-hybridized carbons (Fsp3) is 0.500. The van der Waals surface area contributed by atoms with Crippen LogP contribution in [0.2, 0.25) is 0 Å². The van der Waals surface area contributed by atoms with Gasteiger partial charge in [0.25, 0.3) is 0 Å². The van der Waals surface area contributed by atoms with Gasteiger partial charge in [-0.15, -0.1) is 0 Å². The van der Waals surface area contributed by atoms with Crippen molar-refractivity contribution in [3.05, 3.63) is 29.3 Å². The molecule has 1 aliphatic rings. The first-order chi connectivity index (χ1) is 8.89. The molecule has 1 aliphatic heterocycles. The molecular weight excluding hydrogens is 244 g/mol. The molecule has 2 rings (SSSR count). The van der Waals surface area contributed by atoms with Crippen molar-refractivity contribution in [2.75, 3.05) is 6.54 Å². The van der Waals surface area contributed by atoms with Crippen molar-refractivity contribution >= 4 is 5.91 Å². The average Bonchev–Trinajstić information content (AvgIpc) is 2.63. The van der Waals surface area contributed by atoms with Crippen LogP contribution in [0.5, 0.6) is 5.75 Å². The van der Waals surface area contributed by atoms with Gasteiger partial charge in [0.1, 0.15) is 17.5 Å². The number of carbonyl (C=O) groups excluding carboxylic acids is 1. The molecule has 1 heterocycles. The molecule has 5 heteroatoms. The Kier molecular flexibility index (Phi) is 3.78. The van der Waals surface area contributed by atoms with Gasteiger partial charge in [-0.05, 0) is 19.4 Å². The molecule has 1 unspecified atom stereocenters. The Morgan fingerprint density at radius 1 is 1.58 bits per heavy atom. The second kappa shape index (κ2) is 5.19. The lowest BCUT2D eigenvalue weighted by Gasteiger charge is -2.18. The van der Waals surface area contributed by atoms with E-state index in [2.05, 4.69) is 25.2 Å². The zero-order valence-electron chi connectivity index (χ0n) is 11.3. The number of ether oxygens (including phenoxy) is 1. The first-order valence-corrected chi connectivity index (χ1v) is 6.37. The summed E-state index contributed by atoms with van der Waals surface area (Å²) in [6.45, 7) is 4.79. The Bertz CT molecular complexity index is 486. The summed E-state index contributed by atoms with van der Waals surface area (Å²) in [5.41, 5.74) is 7.03. The molecule has 1 amide bonds. The van der Waals surface area contributed by atoms with Crippen molar-refractivity contribution in [3.63, 3.8) is 0 Å². The fourth-order valence-electron chi connectivity index (χ4n) is 2.26. The Balaban J connectivity index is 2.00. The van der Waals surface area contributed by atoms with Crippen molar-refractivity contribution in [1.29, 1.82) is 0 Å². The van der Waals surface area contributed by atoms with Crippen LogP contribution in [-0.2, 0) is 17.8 Å². The Morgan fingerprint density at radius 2 is 2.32 bits per heavy atom. The molecule has 0 fully saturated rings. The molecule has 5 nitrogen and oxygen atoms in total. The van der Waals surface area contributed by atoms with E-state index in [1.54, 1.807) is 0 Å². The minimum absolute atomic E-state index is 0.141. The Hall–Kier alpha value is -1.59. The summed E-state index contributed by atoms with van der Waals surface area (Å²) in [4.78, 5) is 10.7. The highest BCUT2D eigenvalue weighted by atomic mass is 16.5. The fourth-order valence-corrected chi connectivity index (χ4v) is 2.26. The SMILES string of the molecule is CC1(C)Cc2cccc(CNCC(O)C(N)=O)c2O1. The third-order valence-corrected chi connectivity index (χ3v) is 3.15. The number of hydrogen-bond acceptors (Lipinski definition) is 4. The summed E-state index contributed by atoms with van der Waals surface area (Å²) in [6, 6.07) is 6.03. The number of primary amides is 1. The minimum Gasteiger partial charge on any atom is -0.487 e. The molecule has 19 heavy (non-hydrogen) atoms. The molecule has 0 aromatic heterocycles. The van der Waals surface area contributed by atoms with Gasteiger partial charge in [0.15, 0.2) is 0 Å². The lowest BCUT2D eigenvalue weighted by Crippen LogP contribution is -2.37. The van der Waals surface area contributed by atoms with Gasteiger partial charge in [-0.3, -0.25) is 4.79 Å². The van der Waals surface area contributed by atoms with Crippen LogP contribution in [0.1, 0.15) is 25.0 Å². The number of amides is 1. The highest BCUT2D eigenvalue weighted by molar-refractivity contribution is 5.78. The van der Waals surface area contributed by atoms with Crippen LogP contribution in [0.3, 0.4) is 0 Å². The number of fused-ring (bicyclic) bond motifs is 1. The first-order valence-electron chi connectivity index (χ1n) is 6.37. The van der Waals surface area contributed by atoms with Gasteiger partial charge in [0.2, 0.25) is 5.91 Å². The number of nitrogens with one attached hydrogen (secondary N) is 1. The Morgan fingerprint density at radius 3 is 3.00 bits per heavy atom. The number of rotatable bonds is 5. The van der Waals surface area contributed by atoms with Gasteiger partial charge >= 0.3 is 0 Å². The van der Waals surface area contributed by atoms with Crippen molar-refractivity contribution in [2.45, 2.75) is 38.5 Å². The van der Waals surface area contributed by atoms with Gasteiger partial charge < -0.3 is 20.9 Å². The van der Waals surface area contributed by atoms with Crippen molar-refractivity contribution in [1.82, 2.24) is 5.32 Å². The largest absolute Gasteiger partial charge is 0.487 e. The van der Waals surface area contributed by atoms with E-state index in [4.69, 9.17) is 10.5 Å². The van der Waals surface area contributed by atoms with E-state index < -0.39 is 12.0 Å².